The minimum absolute atomic E-state index is 0.0582. The van der Waals surface area contributed by atoms with Gasteiger partial charge in [0.2, 0.25) is 5.91 Å². The molecule has 1 amide bonds. The van der Waals surface area contributed by atoms with Crippen LogP contribution in [0.25, 0.3) is 0 Å². The van der Waals surface area contributed by atoms with Gasteiger partial charge in [-0.15, -0.1) is 0 Å². The number of nitrogens with one attached hydrogen (secondary N) is 1. The van der Waals surface area contributed by atoms with E-state index in [-0.39, 0.29) is 24.1 Å². The quantitative estimate of drug-likeness (QED) is 0.788. The molecule has 2 rings (SSSR count). The lowest BCUT2D eigenvalue weighted by Gasteiger charge is -2.20. The van der Waals surface area contributed by atoms with Gasteiger partial charge < -0.3 is 10.2 Å². The summed E-state index contributed by atoms with van der Waals surface area (Å²) in [5.74, 6) is 0.648. The SMILES string of the molecule is CS(=O)(=O)CCC(=O)NC1CCN(CC2CCCC2)C1. The van der Waals surface area contributed by atoms with Crippen molar-refractivity contribution in [3.05, 3.63) is 0 Å². The van der Waals surface area contributed by atoms with Gasteiger partial charge in [-0.2, -0.15) is 0 Å². The molecule has 5 nitrogen and oxygen atoms in total. The molecule has 1 N–H and O–H groups in total. The summed E-state index contributed by atoms with van der Waals surface area (Å²) < 4.78 is 22.1. The number of amides is 1. The summed E-state index contributed by atoms with van der Waals surface area (Å²) in [5, 5.41) is 2.96. The molecule has 116 valence electrons. The van der Waals surface area contributed by atoms with Gasteiger partial charge in [-0.3, -0.25) is 4.79 Å². The molecule has 1 atom stereocenters. The van der Waals surface area contributed by atoms with Crippen molar-refractivity contribution in [2.75, 3.05) is 31.6 Å². The topological polar surface area (TPSA) is 66.5 Å². The molecular formula is C14H26N2O3S. The van der Waals surface area contributed by atoms with E-state index in [0.29, 0.717) is 0 Å². The lowest BCUT2D eigenvalue weighted by atomic mass is 10.1. The van der Waals surface area contributed by atoms with Crippen molar-refractivity contribution in [2.45, 2.75) is 44.6 Å². The molecule has 20 heavy (non-hydrogen) atoms. The van der Waals surface area contributed by atoms with Gasteiger partial charge >= 0.3 is 0 Å². The van der Waals surface area contributed by atoms with E-state index in [0.717, 1.165) is 32.0 Å². The van der Waals surface area contributed by atoms with E-state index in [9.17, 15) is 13.2 Å². The Balaban J connectivity index is 1.66. The smallest absolute Gasteiger partial charge is 0.221 e. The molecule has 2 aliphatic rings. The predicted molar refractivity (Wildman–Crippen MR) is 79.3 cm³/mol. The maximum atomic E-state index is 11.7. The van der Waals surface area contributed by atoms with Gasteiger partial charge in [0.1, 0.15) is 9.84 Å². The highest BCUT2D eigenvalue weighted by atomic mass is 32.2. The third-order valence-corrected chi connectivity index (χ3v) is 5.27. The van der Waals surface area contributed by atoms with Crippen LogP contribution in [-0.2, 0) is 14.6 Å². The van der Waals surface area contributed by atoms with Crippen molar-refractivity contribution < 1.29 is 13.2 Å². The van der Waals surface area contributed by atoms with Crippen LogP contribution in [0.15, 0.2) is 0 Å². The van der Waals surface area contributed by atoms with Gasteiger partial charge in [0.15, 0.2) is 0 Å². The maximum absolute atomic E-state index is 11.7. The molecule has 2 fully saturated rings. The molecule has 0 spiro atoms. The van der Waals surface area contributed by atoms with Crippen molar-refractivity contribution >= 4 is 15.7 Å². The van der Waals surface area contributed by atoms with Gasteiger partial charge in [0, 0.05) is 38.4 Å². The fraction of sp³-hybridized carbons (Fsp3) is 0.929. The Labute approximate surface area is 122 Å². The van der Waals surface area contributed by atoms with Gasteiger partial charge in [-0.25, -0.2) is 8.42 Å². The van der Waals surface area contributed by atoms with E-state index in [1.165, 1.54) is 31.9 Å². The molecule has 0 radical (unpaired) electrons. The fourth-order valence-corrected chi connectivity index (χ4v) is 3.81. The van der Waals surface area contributed by atoms with E-state index in [2.05, 4.69) is 10.2 Å². The Morgan fingerprint density at radius 3 is 2.60 bits per heavy atom. The summed E-state index contributed by atoms with van der Waals surface area (Å²) in [6.07, 6.45) is 7.66. The van der Waals surface area contributed by atoms with Crippen molar-refractivity contribution in [1.82, 2.24) is 10.2 Å². The third kappa shape index (κ3) is 5.40. The van der Waals surface area contributed by atoms with Crippen molar-refractivity contribution in [3.8, 4) is 0 Å². The molecule has 1 aliphatic carbocycles. The zero-order valence-corrected chi connectivity index (χ0v) is 13.1. The minimum Gasteiger partial charge on any atom is -0.352 e. The molecule has 0 aromatic carbocycles. The first-order valence-electron chi connectivity index (χ1n) is 7.62. The second kappa shape index (κ2) is 6.89. The van der Waals surface area contributed by atoms with Crippen LogP contribution in [0.3, 0.4) is 0 Å². The second-order valence-electron chi connectivity index (χ2n) is 6.34. The summed E-state index contributed by atoms with van der Waals surface area (Å²) in [7, 11) is -3.05. The molecule has 1 saturated carbocycles. The van der Waals surface area contributed by atoms with Crippen molar-refractivity contribution in [2.24, 2.45) is 5.92 Å². The zero-order chi connectivity index (χ0) is 14.6. The number of carbonyl (C=O) groups is 1. The monoisotopic (exact) mass is 302 g/mol. The highest BCUT2D eigenvalue weighted by molar-refractivity contribution is 7.90. The molecular weight excluding hydrogens is 276 g/mol. The summed E-state index contributed by atoms with van der Waals surface area (Å²) >= 11 is 0. The first-order chi connectivity index (χ1) is 9.42. The van der Waals surface area contributed by atoms with Crippen LogP contribution in [0.1, 0.15) is 38.5 Å². The normalized spacial score (nSPS) is 25.1. The molecule has 6 heteroatoms. The standard InChI is InChI=1S/C14H26N2O3S/c1-20(18,19)9-7-14(17)15-13-6-8-16(11-13)10-12-4-2-3-5-12/h12-13H,2-11H2,1H3,(H,15,17). The number of rotatable bonds is 6. The van der Waals surface area contributed by atoms with E-state index in [1.54, 1.807) is 0 Å². The Kier molecular flexibility index (Phi) is 5.43. The first kappa shape index (κ1) is 15.8. The van der Waals surface area contributed by atoms with Gasteiger partial charge in [0.05, 0.1) is 5.75 Å². The number of hydrogen-bond acceptors (Lipinski definition) is 4. The zero-order valence-electron chi connectivity index (χ0n) is 12.3. The summed E-state index contributed by atoms with van der Waals surface area (Å²) in [5.41, 5.74) is 0. The van der Waals surface area contributed by atoms with Crippen LogP contribution in [0, 0.1) is 5.92 Å². The van der Waals surface area contributed by atoms with E-state index >= 15 is 0 Å². The Bertz CT molecular complexity index is 430. The average Bonchev–Trinajstić information content (AvgIpc) is 2.99. The van der Waals surface area contributed by atoms with Gasteiger partial charge in [0.25, 0.3) is 0 Å². The minimum atomic E-state index is -3.05. The Morgan fingerprint density at radius 2 is 1.95 bits per heavy atom. The largest absolute Gasteiger partial charge is 0.352 e. The highest BCUT2D eigenvalue weighted by Gasteiger charge is 2.26. The lowest BCUT2D eigenvalue weighted by molar-refractivity contribution is -0.121. The van der Waals surface area contributed by atoms with E-state index in [4.69, 9.17) is 0 Å². The van der Waals surface area contributed by atoms with Gasteiger partial charge in [-0.1, -0.05) is 12.8 Å². The number of sulfone groups is 1. The lowest BCUT2D eigenvalue weighted by Crippen LogP contribution is -2.38. The number of hydrogen-bond donors (Lipinski definition) is 1. The highest BCUT2D eigenvalue weighted by Crippen LogP contribution is 2.26. The molecule has 0 bridgehead atoms. The molecule has 0 aromatic rings. The first-order valence-corrected chi connectivity index (χ1v) is 9.68. The van der Waals surface area contributed by atoms with E-state index < -0.39 is 9.84 Å². The molecule has 0 aromatic heterocycles. The number of nitrogens with zero attached hydrogens (tertiary/aromatic N) is 1. The number of carbonyl (C=O) groups excluding carboxylic acids is 1. The fourth-order valence-electron chi connectivity index (χ4n) is 3.25. The van der Waals surface area contributed by atoms with Crippen molar-refractivity contribution in [1.29, 1.82) is 0 Å². The molecule has 1 saturated heterocycles. The molecule has 1 unspecified atom stereocenters. The van der Waals surface area contributed by atoms with Crippen LogP contribution in [0.2, 0.25) is 0 Å². The third-order valence-electron chi connectivity index (χ3n) is 4.33. The second-order valence-corrected chi connectivity index (χ2v) is 8.60. The van der Waals surface area contributed by atoms with Crippen LogP contribution >= 0.6 is 0 Å². The van der Waals surface area contributed by atoms with Crippen molar-refractivity contribution in [3.63, 3.8) is 0 Å². The van der Waals surface area contributed by atoms with Crippen LogP contribution < -0.4 is 5.32 Å². The Hall–Kier alpha value is -0.620. The predicted octanol–water partition coefficient (Wildman–Crippen LogP) is 0.802. The maximum Gasteiger partial charge on any atom is 0.221 e. The number of likely N-dealkylation sites (tertiary alicyclic amines) is 1. The molecule has 1 heterocycles. The Morgan fingerprint density at radius 1 is 1.25 bits per heavy atom. The van der Waals surface area contributed by atoms with E-state index in [1.807, 2.05) is 0 Å². The van der Waals surface area contributed by atoms with Crippen LogP contribution in [0.5, 0.6) is 0 Å². The summed E-state index contributed by atoms with van der Waals surface area (Å²) in [6.45, 7) is 3.13. The van der Waals surface area contributed by atoms with Gasteiger partial charge in [-0.05, 0) is 25.2 Å². The van der Waals surface area contributed by atoms with Crippen LogP contribution in [-0.4, -0.2) is 56.9 Å². The molecule has 1 aliphatic heterocycles. The summed E-state index contributed by atoms with van der Waals surface area (Å²) in [6, 6.07) is 0.198. The summed E-state index contributed by atoms with van der Waals surface area (Å²) in [4.78, 5) is 14.1. The average molecular weight is 302 g/mol. The van der Waals surface area contributed by atoms with Crippen LogP contribution in [0.4, 0.5) is 0 Å².